The Morgan fingerprint density at radius 1 is 0.968 bits per heavy atom. The average molecular weight is 426 g/mol. The quantitative estimate of drug-likeness (QED) is 0.623. The number of rotatable bonds is 4. The highest BCUT2D eigenvalue weighted by molar-refractivity contribution is 5.99. The third kappa shape index (κ3) is 3.54. The summed E-state index contributed by atoms with van der Waals surface area (Å²) < 4.78 is 50.2. The number of hydrogen-bond donors (Lipinski definition) is 1. The van der Waals surface area contributed by atoms with Gasteiger partial charge in [0.05, 0.1) is 5.56 Å². The monoisotopic (exact) mass is 426 g/mol. The largest absolute Gasteiger partial charge is 0.454 e. The second kappa shape index (κ2) is 7.23. The summed E-state index contributed by atoms with van der Waals surface area (Å²) in [5.41, 5.74) is 1.58. The molecule has 8 heteroatoms. The van der Waals surface area contributed by atoms with Crippen molar-refractivity contribution in [2.75, 3.05) is 12.1 Å². The van der Waals surface area contributed by atoms with Gasteiger partial charge in [-0.2, -0.15) is 13.2 Å². The van der Waals surface area contributed by atoms with Gasteiger partial charge in [0.1, 0.15) is 6.17 Å². The zero-order valence-corrected chi connectivity index (χ0v) is 16.1. The third-order valence-corrected chi connectivity index (χ3v) is 5.34. The topological polar surface area (TPSA) is 50.8 Å². The van der Waals surface area contributed by atoms with Gasteiger partial charge in [-0.15, -0.1) is 0 Å². The molecule has 0 saturated carbocycles. The van der Waals surface area contributed by atoms with Gasteiger partial charge < -0.3 is 19.7 Å². The molecule has 2 heterocycles. The Hall–Kier alpha value is -3.68. The fourth-order valence-electron chi connectivity index (χ4n) is 3.87. The summed E-state index contributed by atoms with van der Waals surface area (Å²) in [6.45, 7) is 0.396. The molecule has 0 saturated heterocycles. The van der Waals surface area contributed by atoms with E-state index >= 15 is 0 Å². The molecule has 5 nitrogen and oxygen atoms in total. The van der Waals surface area contributed by atoms with Gasteiger partial charge in [-0.25, -0.2) is 0 Å². The van der Waals surface area contributed by atoms with E-state index in [4.69, 9.17) is 9.47 Å². The van der Waals surface area contributed by atoms with E-state index in [1.54, 1.807) is 47.4 Å². The SMILES string of the molecule is O=C1c2ccccc2[C@@H](Nc2cccc(C(F)(F)F)c2)N1Cc1ccc2c(c1)OCO2. The van der Waals surface area contributed by atoms with E-state index in [1.807, 2.05) is 6.07 Å². The minimum atomic E-state index is -4.45. The van der Waals surface area contributed by atoms with Crippen LogP contribution in [-0.2, 0) is 12.7 Å². The number of benzene rings is 3. The highest BCUT2D eigenvalue weighted by Crippen LogP contribution is 2.38. The van der Waals surface area contributed by atoms with Crippen molar-refractivity contribution >= 4 is 11.6 Å². The fraction of sp³-hybridized carbons (Fsp3) is 0.174. The number of nitrogens with zero attached hydrogens (tertiary/aromatic N) is 1. The van der Waals surface area contributed by atoms with E-state index in [0.717, 1.165) is 17.7 Å². The van der Waals surface area contributed by atoms with Crippen LogP contribution in [0.3, 0.4) is 0 Å². The van der Waals surface area contributed by atoms with E-state index in [-0.39, 0.29) is 24.9 Å². The second-order valence-electron chi connectivity index (χ2n) is 7.33. The Morgan fingerprint density at radius 3 is 2.61 bits per heavy atom. The first-order chi connectivity index (χ1) is 14.9. The number of halogens is 3. The van der Waals surface area contributed by atoms with Crippen molar-refractivity contribution in [1.82, 2.24) is 4.90 Å². The normalized spacial score (nSPS) is 17.1. The molecule has 0 unspecified atom stereocenters. The van der Waals surface area contributed by atoms with Crippen molar-refractivity contribution in [1.29, 1.82) is 0 Å². The highest BCUT2D eigenvalue weighted by Gasteiger charge is 2.37. The molecule has 3 aromatic carbocycles. The Morgan fingerprint density at radius 2 is 1.77 bits per heavy atom. The van der Waals surface area contributed by atoms with Gasteiger partial charge in [0, 0.05) is 23.4 Å². The molecular weight excluding hydrogens is 409 g/mol. The van der Waals surface area contributed by atoms with Gasteiger partial charge in [0.15, 0.2) is 11.5 Å². The van der Waals surface area contributed by atoms with Gasteiger partial charge in [0.25, 0.3) is 5.91 Å². The van der Waals surface area contributed by atoms with Crippen molar-refractivity contribution in [3.8, 4) is 11.5 Å². The van der Waals surface area contributed by atoms with E-state index in [9.17, 15) is 18.0 Å². The lowest BCUT2D eigenvalue weighted by atomic mass is 10.1. The van der Waals surface area contributed by atoms with Crippen LogP contribution in [0.5, 0.6) is 11.5 Å². The Labute approximate surface area is 176 Å². The molecule has 1 atom stereocenters. The number of fused-ring (bicyclic) bond motifs is 2. The lowest BCUT2D eigenvalue weighted by molar-refractivity contribution is -0.137. The fourth-order valence-corrected chi connectivity index (χ4v) is 3.87. The summed E-state index contributed by atoms with van der Waals surface area (Å²) in [6.07, 6.45) is -5.06. The number of nitrogens with one attached hydrogen (secondary N) is 1. The van der Waals surface area contributed by atoms with E-state index < -0.39 is 17.9 Å². The molecule has 2 aliphatic heterocycles. The first-order valence-electron chi connectivity index (χ1n) is 9.62. The van der Waals surface area contributed by atoms with Crippen LogP contribution in [0.15, 0.2) is 66.7 Å². The molecule has 158 valence electrons. The van der Waals surface area contributed by atoms with Crippen LogP contribution >= 0.6 is 0 Å². The van der Waals surface area contributed by atoms with E-state index in [0.29, 0.717) is 22.6 Å². The van der Waals surface area contributed by atoms with Crippen LogP contribution in [0.2, 0.25) is 0 Å². The van der Waals surface area contributed by atoms with E-state index in [1.165, 1.54) is 6.07 Å². The highest BCUT2D eigenvalue weighted by atomic mass is 19.4. The summed E-state index contributed by atoms with van der Waals surface area (Å²) in [5, 5.41) is 3.11. The molecule has 0 aliphatic carbocycles. The van der Waals surface area contributed by atoms with Gasteiger partial charge in [-0.1, -0.05) is 30.3 Å². The predicted molar refractivity (Wildman–Crippen MR) is 107 cm³/mol. The van der Waals surface area contributed by atoms with E-state index in [2.05, 4.69) is 5.32 Å². The van der Waals surface area contributed by atoms with Gasteiger partial charge in [-0.05, 0) is 42.0 Å². The van der Waals surface area contributed by atoms with Crippen LogP contribution in [0.1, 0.15) is 33.2 Å². The maximum atomic E-state index is 13.1. The zero-order chi connectivity index (χ0) is 21.6. The van der Waals surface area contributed by atoms with Crippen LogP contribution in [0, 0.1) is 0 Å². The first kappa shape index (κ1) is 19.3. The maximum Gasteiger partial charge on any atom is 0.416 e. The van der Waals surface area contributed by atoms with Crippen molar-refractivity contribution < 1.29 is 27.4 Å². The van der Waals surface area contributed by atoms with Gasteiger partial charge in [0.2, 0.25) is 6.79 Å². The standard InChI is InChI=1S/C23H17F3N2O3/c24-23(25,26)15-4-3-5-16(11-15)27-21-17-6-1-2-7-18(17)22(29)28(21)12-14-8-9-19-20(10-14)31-13-30-19/h1-11,21,27H,12-13H2/t21-/m0/s1. The number of hydrogen-bond acceptors (Lipinski definition) is 4. The number of anilines is 1. The molecule has 31 heavy (non-hydrogen) atoms. The average Bonchev–Trinajstić information content (AvgIpc) is 3.32. The molecule has 1 N–H and O–H groups in total. The van der Waals surface area contributed by atoms with Crippen molar-refractivity contribution in [3.63, 3.8) is 0 Å². The summed E-state index contributed by atoms with van der Waals surface area (Å²) >= 11 is 0. The van der Waals surface area contributed by atoms with Crippen LogP contribution in [0.25, 0.3) is 0 Å². The Bertz CT molecular complexity index is 1160. The molecule has 1 amide bonds. The zero-order valence-electron chi connectivity index (χ0n) is 16.1. The summed E-state index contributed by atoms with van der Waals surface area (Å²) in [4.78, 5) is 14.7. The first-order valence-corrected chi connectivity index (χ1v) is 9.62. The molecule has 0 bridgehead atoms. The predicted octanol–water partition coefficient (Wildman–Crippen LogP) is 5.20. The number of alkyl halides is 3. The lowest BCUT2D eigenvalue weighted by Gasteiger charge is -2.27. The minimum Gasteiger partial charge on any atom is -0.454 e. The lowest BCUT2D eigenvalue weighted by Crippen LogP contribution is -2.32. The summed E-state index contributed by atoms with van der Waals surface area (Å²) in [7, 11) is 0. The smallest absolute Gasteiger partial charge is 0.416 e. The molecule has 0 aromatic heterocycles. The van der Waals surface area contributed by atoms with Gasteiger partial charge >= 0.3 is 6.18 Å². The van der Waals surface area contributed by atoms with Crippen LogP contribution < -0.4 is 14.8 Å². The maximum absolute atomic E-state index is 13.1. The minimum absolute atomic E-state index is 0.145. The molecule has 0 radical (unpaired) electrons. The number of carbonyl (C=O) groups excluding carboxylic acids is 1. The summed E-state index contributed by atoms with van der Waals surface area (Å²) in [6, 6.07) is 17.5. The molecule has 0 spiro atoms. The number of amides is 1. The molecular formula is C23H17F3N2O3. The summed E-state index contributed by atoms with van der Waals surface area (Å²) in [5.74, 6) is 1.04. The van der Waals surface area contributed by atoms with Crippen LogP contribution in [-0.4, -0.2) is 17.6 Å². The second-order valence-corrected chi connectivity index (χ2v) is 7.33. The number of ether oxygens (including phenoxy) is 2. The molecule has 2 aliphatic rings. The molecule has 5 rings (SSSR count). The Balaban J connectivity index is 1.48. The third-order valence-electron chi connectivity index (χ3n) is 5.34. The molecule has 3 aromatic rings. The van der Waals surface area contributed by atoms with Crippen molar-refractivity contribution in [2.45, 2.75) is 18.9 Å². The van der Waals surface area contributed by atoms with Crippen molar-refractivity contribution in [2.24, 2.45) is 0 Å². The Kier molecular flexibility index (Phi) is 4.50. The number of carbonyl (C=O) groups is 1. The molecule has 0 fully saturated rings. The van der Waals surface area contributed by atoms with Gasteiger partial charge in [-0.3, -0.25) is 4.79 Å². The van der Waals surface area contributed by atoms with Crippen molar-refractivity contribution in [3.05, 3.63) is 89.0 Å². The van der Waals surface area contributed by atoms with Crippen LogP contribution in [0.4, 0.5) is 18.9 Å².